The van der Waals surface area contributed by atoms with Crippen molar-refractivity contribution in [1.29, 1.82) is 0 Å². The third-order valence-corrected chi connectivity index (χ3v) is 1.73. The SMILES string of the molecule is C/N=c1/ccccn1/C=C/C(C)C. The Morgan fingerprint density at radius 1 is 1.38 bits per heavy atom. The van der Waals surface area contributed by atoms with Crippen LogP contribution in [0.3, 0.4) is 0 Å². The topological polar surface area (TPSA) is 17.3 Å². The van der Waals surface area contributed by atoms with Gasteiger partial charge >= 0.3 is 0 Å². The minimum Gasteiger partial charge on any atom is -0.309 e. The van der Waals surface area contributed by atoms with Crippen molar-refractivity contribution in [2.75, 3.05) is 7.05 Å². The number of aromatic nitrogens is 1. The van der Waals surface area contributed by atoms with Gasteiger partial charge in [0.05, 0.1) is 0 Å². The minimum atomic E-state index is 0.567. The Balaban J connectivity index is 3.01. The van der Waals surface area contributed by atoms with E-state index in [9.17, 15) is 0 Å². The molecule has 0 unspecified atom stereocenters. The Kier molecular flexibility index (Phi) is 3.50. The fraction of sp³-hybridized carbons (Fsp3) is 0.364. The highest BCUT2D eigenvalue weighted by atomic mass is 15.0. The molecule has 1 aromatic rings. The molecular weight excluding hydrogens is 160 g/mol. The monoisotopic (exact) mass is 176 g/mol. The van der Waals surface area contributed by atoms with Gasteiger partial charge in [0.2, 0.25) is 0 Å². The largest absolute Gasteiger partial charge is 0.309 e. The van der Waals surface area contributed by atoms with E-state index in [1.165, 1.54) is 0 Å². The molecule has 0 N–H and O–H groups in total. The Morgan fingerprint density at radius 3 is 2.77 bits per heavy atom. The summed E-state index contributed by atoms with van der Waals surface area (Å²) in [7, 11) is 1.80. The van der Waals surface area contributed by atoms with Crippen LogP contribution in [-0.2, 0) is 0 Å². The lowest BCUT2D eigenvalue weighted by Gasteiger charge is -2.00. The van der Waals surface area contributed by atoms with Gasteiger partial charge in [-0.3, -0.25) is 4.99 Å². The molecule has 1 aromatic heterocycles. The summed E-state index contributed by atoms with van der Waals surface area (Å²) in [6.07, 6.45) is 6.20. The maximum Gasteiger partial charge on any atom is 0.131 e. The van der Waals surface area contributed by atoms with Crippen molar-refractivity contribution in [2.24, 2.45) is 10.9 Å². The summed E-state index contributed by atoms with van der Waals surface area (Å²) >= 11 is 0. The predicted octanol–water partition coefficient (Wildman–Crippen LogP) is 2.15. The maximum atomic E-state index is 4.16. The van der Waals surface area contributed by atoms with Crippen molar-refractivity contribution in [3.8, 4) is 0 Å². The number of nitrogens with zero attached hydrogens (tertiary/aromatic N) is 2. The van der Waals surface area contributed by atoms with Crippen molar-refractivity contribution in [3.63, 3.8) is 0 Å². The molecule has 0 aliphatic rings. The van der Waals surface area contributed by atoms with Crippen LogP contribution in [0.25, 0.3) is 6.20 Å². The van der Waals surface area contributed by atoms with E-state index in [0.29, 0.717) is 5.92 Å². The summed E-state index contributed by atoms with van der Waals surface area (Å²) in [6.45, 7) is 4.31. The van der Waals surface area contributed by atoms with Crippen LogP contribution in [0.2, 0.25) is 0 Å². The van der Waals surface area contributed by atoms with Gasteiger partial charge in [-0.1, -0.05) is 26.0 Å². The van der Waals surface area contributed by atoms with Crippen molar-refractivity contribution in [2.45, 2.75) is 13.8 Å². The van der Waals surface area contributed by atoms with Crippen LogP contribution < -0.4 is 5.49 Å². The molecule has 2 nitrogen and oxygen atoms in total. The van der Waals surface area contributed by atoms with E-state index in [1.807, 2.05) is 35.2 Å². The highest BCUT2D eigenvalue weighted by molar-refractivity contribution is 5.22. The summed E-state index contributed by atoms with van der Waals surface area (Å²) in [6, 6.07) is 5.98. The van der Waals surface area contributed by atoms with Crippen molar-refractivity contribution < 1.29 is 0 Å². The van der Waals surface area contributed by atoms with Gasteiger partial charge in [0, 0.05) is 19.4 Å². The molecule has 0 bridgehead atoms. The standard InChI is InChI=1S/C11H16N2/c1-10(2)7-9-13-8-5-4-6-11(13)12-3/h4-10H,1-3H3/b9-7+,12-11-. The summed E-state index contributed by atoms with van der Waals surface area (Å²) in [4.78, 5) is 4.16. The minimum absolute atomic E-state index is 0.567. The molecule has 0 amide bonds. The molecule has 0 atom stereocenters. The van der Waals surface area contributed by atoms with E-state index >= 15 is 0 Å². The summed E-state index contributed by atoms with van der Waals surface area (Å²) in [5, 5.41) is 0. The normalized spacial score (nSPS) is 13.1. The molecule has 0 aromatic carbocycles. The van der Waals surface area contributed by atoms with Gasteiger partial charge in [-0.05, 0) is 18.1 Å². The van der Waals surface area contributed by atoms with Crippen LogP contribution in [-0.4, -0.2) is 11.6 Å². The van der Waals surface area contributed by atoms with Gasteiger partial charge in [0.15, 0.2) is 0 Å². The first-order valence-corrected chi connectivity index (χ1v) is 4.52. The van der Waals surface area contributed by atoms with Crippen LogP contribution in [0, 0.1) is 5.92 Å². The fourth-order valence-electron chi connectivity index (χ4n) is 1.03. The van der Waals surface area contributed by atoms with Gasteiger partial charge in [0.25, 0.3) is 0 Å². The average Bonchev–Trinajstić information content (AvgIpc) is 2.15. The molecule has 1 heterocycles. The average molecular weight is 176 g/mol. The first-order valence-electron chi connectivity index (χ1n) is 4.52. The number of allylic oxidation sites excluding steroid dienone is 1. The molecule has 70 valence electrons. The molecule has 0 fully saturated rings. The molecule has 1 rings (SSSR count). The highest BCUT2D eigenvalue weighted by Crippen LogP contribution is 1.94. The number of pyridine rings is 1. The van der Waals surface area contributed by atoms with Crippen molar-refractivity contribution in [3.05, 3.63) is 36.0 Å². The second-order valence-electron chi connectivity index (χ2n) is 3.28. The van der Waals surface area contributed by atoms with Crippen molar-refractivity contribution >= 4 is 6.20 Å². The summed E-state index contributed by atoms with van der Waals surface area (Å²) in [5.74, 6) is 0.567. The molecule has 0 aliphatic carbocycles. The van der Waals surface area contributed by atoms with E-state index in [1.54, 1.807) is 7.05 Å². The van der Waals surface area contributed by atoms with E-state index < -0.39 is 0 Å². The Hall–Kier alpha value is -1.31. The molecule has 2 heteroatoms. The van der Waals surface area contributed by atoms with Crippen LogP contribution in [0.4, 0.5) is 0 Å². The molecule has 13 heavy (non-hydrogen) atoms. The second kappa shape index (κ2) is 4.65. The summed E-state index contributed by atoms with van der Waals surface area (Å²) < 4.78 is 2.01. The lowest BCUT2D eigenvalue weighted by atomic mass is 10.2. The Morgan fingerprint density at radius 2 is 2.15 bits per heavy atom. The summed E-state index contributed by atoms with van der Waals surface area (Å²) in [5.41, 5.74) is 0.972. The third-order valence-electron chi connectivity index (χ3n) is 1.73. The Labute approximate surface area is 79.3 Å². The van der Waals surface area contributed by atoms with Crippen LogP contribution >= 0.6 is 0 Å². The smallest absolute Gasteiger partial charge is 0.131 e. The number of hydrogen-bond acceptors (Lipinski definition) is 1. The maximum absolute atomic E-state index is 4.16. The highest BCUT2D eigenvalue weighted by Gasteiger charge is 1.86. The molecular formula is C11H16N2. The molecule has 0 spiro atoms. The zero-order chi connectivity index (χ0) is 9.68. The van der Waals surface area contributed by atoms with E-state index in [0.717, 1.165) is 5.49 Å². The molecule has 0 saturated heterocycles. The zero-order valence-corrected chi connectivity index (χ0v) is 8.44. The van der Waals surface area contributed by atoms with Crippen LogP contribution in [0.15, 0.2) is 35.5 Å². The zero-order valence-electron chi connectivity index (χ0n) is 8.44. The van der Waals surface area contributed by atoms with Gasteiger partial charge in [-0.15, -0.1) is 0 Å². The van der Waals surface area contributed by atoms with E-state index in [-0.39, 0.29) is 0 Å². The van der Waals surface area contributed by atoms with Crippen LogP contribution in [0.1, 0.15) is 13.8 Å². The predicted molar refractivity (Wildman–Crippen MR) is 56.1 cm³/mol. The second-order valence-corrected chi connectivity index (χ2v) is 3.28. The van der Waals surface area contributed by atoms with Gasteiger partial charge in [-0.25, -0.2) is 0 Å². The fourth-order valence-corrected chi connectivity index (χ4v) is 1.03. The lowest BCUT2D eigenvalue weighted by molar-refractivity contribution is 0.828. The van der Waals surface area contributed by atoms with Gasteiger partial charge in [-0.2, -0.15) is 0 Å². The van der Waals surface area contributed by atoms with Crippen LogP contribution in [0.5, 0.6) is 0 Å². The first kappa shape index (κ1) is 9.78. The third kappa shape index (κ3) is 2.90. The van der Waals surface area contributed by atoms with E-state index in [4.69, 9.17) is 0 Å². The number of rotatable bonds is 2. The molecule has 0 aliphatic heterocycles. The first-order chi connectivity index (χ1) is 6.24. The Bertz CT molecular complexity index is 345. The van der Waals surface area contributed by atoms with Gasteiger partial charge in [0.1, 0.15) is 5.49 Å². The molecule has 0 saturated carbocycles. The molecule has 0 radical (unpaired) electrons. The quantitative estimate of drug-likeness (QED) is 0.657. The number of hydrogen-bond donors (Lipinski definition) is 0. The van der Waals surface area contributed by atoms with E-state index in [2.05, 4.69) is 24.9 Å². The van der Waals surface area contributed by atoms with Crippen molar-refractivity contribution in [1.82, 2.24) is 4.57 Å². The lowest BCUT2D eigenvalue weighted by Crippen LogP contribution is -2.14. The van der Waals surface area contributed by atoms with Gasteiger partial charge < -0.3 is 4.57 Å².